The Kier molecular flexibility index (Phi) is 3.61. The summed E-state index contributed by atoms with van der Waals surface area (Å²) in [5.41, 5.74) is 1.08. The molecule has 1 spiro atoms. The van der Waals surface area contributed by atoms with Gasteiger partial charge in [0.05, 0.1) is 4.92 Å². The van der Waals surface area contributed by atoms with Gasteiger partial charge >= 0.3 is 0 Å². The number of rotatable bonds is 4. The van der Waals surface area contributed by atoms with Crippen LogP contribution >= 0.6 is 0 Å². The fourth-order valence-electron chi connectivity index (χ4n) is 4.09. The lowest BCUT2D eigenvalue weighted by molar-refractivity contribution is -0.385. The zero-order chi connectivity index (χ0) is 15.0. The molecule has 2 unspecified atom stereocenters. The van der Waals surface area contributed by atoms with E-state index in [-0.39, 0.29) is 22.1 Å². The molecule has 21 heavy (non-hydrogen) atoms. The molecule has 2 atom stereocenters. The third-order valence-corrected chi connectivity index (χ3v) is 5.31. The number of nitro benzene ring substituents is 1. The predicted octanol–water partition coefficient (Wildman–Crippen LogP) is 3.20. The normalized spacial score (nSPS) is 26.6. The molecule has 2 aliphatic rings. The third-order valence-electron chi connectivity index (χ3n) is 5.31. The molecule has 1 aromatic carbocycles. The Morgan fingerprint density at radius 1 is 1.38 bits per heavy atom. The van der Waals surface area contributed by atoms with Crippen LogP contribution in [0.1, 0.15) is 37.7 Å². The van der Waals surface area contributed by atoms with E-state index in [0.29, 0.717) is 11.6 Å². The second-order valence-electron chi connectivity index (χ2n) is 6.33. The Balaban J connectivity index is 1.75. The van der Waals surface area contributed by atoms with Crippen LogP contribution in [0.2, 0.25) is 0 Å². The molecule has 5 heteroatoms. The predicted molar refractivity (Wildman–Crippen MR) is 80.6 cm³/mol. The minimum Gasteiger partial charge on any atom is -0.490 e. The van der Waals surface area contributed by atoms with Gasteiger partial charge in [0.1, 0.15) is 11.9 Å². The summed E-state index contributed by atoms with van der Waals surface area (Å²) in [5.74, 6) is 0.754. The number of nitrogens with zero attached hydrogens (tertiary/aromatic N) is 1. The molecule has 0 aliphatic heterocycles. The van der Waals surface area contributed by atoms with Gasteiger partial charge in [-0.05, 0) is 38.9 Å². The zero-order valence-corrected chi connectivity index (χ0v) is 12.6. The van der Waals surface area contributed by atoms with Crippen molar-refractivity contribution in [2.45, 2.75) is 51.2 Å². The van der Waals surface area contributed by atoms with E-state index in [4.69, 9.17) is 4.74 Å². The number of aryl methyl sites for hydroxylation is 1. The minimum absolute atomic E-state index is 0.152. The van der Waals surface area contributed by atoms with Crippen LogP contribution in [0, 0.1) is 22.5 Å². The molecule has 1 N–H and O–H groups in total. The molecular formula is C16H22N2O3. The number of benzene rings is 1. The number of nitrogens with one attached hydrogen (secondary N) is 1. The van der Waals surface area contributed by atoms with Crippen LogP contribution in [0.4, 0.5) is 5.69 Å². The summed E-state index contributed by atoms with van der Waals surface area (Å²) < 4.78 is 6.17. The number of ether oxygens (including phenoxy) is 1. The summed E-state index contributed by atoms with van der Waals surface area (Å²) in [5, 5.41) is 14.3. The molecular weight excluding hydrogens is 268 g/mol. The first kappa shape index (κ1) is 14.3. The molecule has 2 aliphatic carbocycles. The van der Waals surface area contributed by atoms with Crippen molar-refractivity contribution in [1.82, 2.24) is 5.32 Å². The first-order valence-electron chi connectivity index (χ1n) is 7.66. The summed E-state index contributed by atoms with van der Waals surface area (Å²) in [6.07, 6.45) is 6.24. The van der Waals surface area contributed by atoms with Crippen molar-refractivity contribution in [3.8, 4) is 5.75 Å². The van der Waals surface area contributed by atoms with Gasteiger partial charge in [-0.2, -0.15) is 0 Å². The molecule has 0 heterocycles. The zero-order valence-electron chi connectivity index (χ0n) is 12.6. The van der Waals surface area contributed by atoms with Crippen molar-refractivity contribution >= 4 is 5.69 Å². The van der Waals surface area contributed by atoms with E-state index in [1.54, 1.807) is 25.1 Å². The topological polar surface area (TPSA) is 64.4 Å². The highest BCUT2D eigenvalue weighted by Gasteiger charge is 2.57. The Morgan fingerprint density at radius 2 is 2.10 bits per heavy atom. The third kappa shape index (κ3) is 2.29. The molecule has 0 aromatic heterocycles. The molecule has 114 valence electrons. The van der Waals surface area contributed by atoms with Gasteiger partial charge in [0.15, 0.2) is 0 Å². The summed E-state index contributed by atoms with van der Waals surface area (Å²) in [4.78, 5) is 10.5. The van der Waals surface area contributed by atoms with Gasteiger partial charge in [-0.25, -0.2) is 0 Å². The maximum absolute atomic E-state index is 10.9. The molecule has 0 bridgehead atoms. The standard InChI is InChI=1S/C16H22N2O3/c1-11-9-12(5-6-13(11)18(19)20)21-15-10-14(17-2)16(15)7-3-4-8-16/h5-6,9,14-15,17H,3-4,7-8,10H2,1-2H3. The van der Waals surface area contributed by atoms with Gasteiger partial charge in [-0.3, -0.25) is 10.1 Å². The van der Waals surface area contributed by atoms with Crippen molar-refractivity contribution in [3.63, 3.8) is 0 Å². The molecule has 2 saturated carbocycles. The molecule has 2 fully saturated rings. The van der Waals surface area contributed by atoms with E-state index in [2.05, 4.69) is 5.32 Å². The molecule has 0 radical (unpaired) electrons. The SMILES string of the molecule is CNC1CC(Oc2ccc([N+](=O)[O-])c(C)c2)C12CCCC2. The molecule has 1 aromatic rings. The van der Waals surface area contributed by atoms with Crippen LogP contribution in [0.5, 0.6) is 5.75 Å². The summed E-state index contributed by atoms with van der Waals surface area (Å²) >= 11 is 0. The van der Waals surface area contributed by atoms with Crippen molar-refractivity contribution in [3.05, 3.63) is 33.9 Å². The molecule has 0 saturated heterocycles. The highest BCUT2D eigenvalue weighted by atomic mass is 16.6. The molecule has 5 nitrogen and oxygen atoms in total. The van der Waals surface area contributed by atoms with E-state index in [1.165, 1.54) is 25.7 Å². The van der Waals surface area contributed by atoms with Gasteiger partial charge in [0.25, 0.3) is 5.69 Å². The van der Waals surface area contributed by atoms with Crippen LogP contribution in [-0.2, 0) is 0 Å². The van der Waals surface area contributed by atoms with Crippen LogP contribution in [-0.4, -0.2) is 24.1 Å². The Labute approximate surface area is 124 Å². The second kappa shape index (κ2) is 5.30. The van der Waals surface area contributed by atoms with Crippen LogP contribution in [0.25, 0.3) is 0 Å². The van der Waals surface area contributed by atoms with Gasteiger partial charge < -0.3 is 10.1 Å². The van der Waals surface area contributed by atoms with Gasteiger partial charge in [-0.1, -0.05) is 12.8 Å². The van der Waals surface area contributed by atoms with Gasteiger partial charge in [0, 0.05) is 29.5 Å². The first-order chi connectivity index (χ1) is 10.1. The Hall–Kier alpha value is -1.62. The van der Waals surface area contributed by atoms with E-state index >= 15 is 0 Å². The Bertz CT molecular complexity index is 552. The fourth-order valence-corrected chi connectivity index (χ4v) is 4.09. The monoisotopic (exact) mass is 290 g/mol. The van der Waals surface area contributed by atoms with Crippen LogP contribution in [0.15, 0.2) is 18.2 Å². The largest absolute Gasteiger partial charge is 0.490 e. The highest BCUT2D eigenvalue weighted by Crippen LogP contribution is 2.54. The smallest absolute Gasteiger partial charge is 0.272 e. The summed E-state index contributed by atoms with van der Waals surface area (Å²) in [7, 11) is 2.02. The highest BCUT2D eigenvalue weighted by molar-refractivity contribution is 5.44. The first-order valence-corrected chi connectivity index (χ1v) is 7.66. The molecule has 0 amide bonds. The average molecular weight is 290 g/mol. The second-order valence-corrected chi connectivity index (χ2v) is 6.33. The van der Waals surface area contributed by atoms with Crippen molar-refractivity contribution in [1.29, 1.82) is 0 Å². The lowest BCUT2D eigenvalue weighted by Crippen LogP contribution is -2.63. The van der Waals surface area contributed by atoms with Gasteiger partial charge in [0.2, 0.25) is 0 Å². The lowest BCUT2D eigenvalue weighted by atomic mass is 9.60. The van der Waals surface area contributed by atoms with Crippen molar-refractivity contribution < 1.29 is 9.66 Å². The number of hydrogen-bond acceptors (Lipinski definition) is 4. The summed E-state index contributed by atoms with van der Waals surface area (Å²) in [6.45, 7) is 1.76. The maximum atomic E-state index is 10.9. The van der Waals surface area contributed by atoms with E-state index in [0.717, 1.165) is 12.2 Å². The fraction of sp³-hybridized carbons (Fsp3) is 0.625. The Morgan fingerprint density at radius 3 is 2.67 bits per heavy atom. The van der Waals surface area contributed by atoms with E-state index < -0.39 is 0 Å². The molecule has 3 rings (SSSR count). The lowest BCUT2D eigenvalue weighted by Gasteiger charge is -2.53. The quantitative estimate of drug-likeness (QED) is 0.683. The average Bonchev–Trinajstić information content (AvgIpc) is 2.95. The minimum atomic E-state index is -0.349. The van der Waals surface area contributed by atoms with Crippen LogP contribution < -0.4 is 10.1 Å². The van der Waals surface area contributed by atoms with Crippen molar-refractivity contribution in [2.24, 2.45) is 5.41 Å². The number of nitro groups is 1. The van der Waals surface area contributed by atoms with E-state index in [1.807, 2.05) is 7.05 Å². The number of hydrogen-bond donors (Lipinski definition) is 1. The maximum Gasteiger partial charge on any atom is 0.272 e. The summed E-state index contributed by atoms with van der Waals surface area (Å²) in [6, 6.07) is 5.60. The van der Waals surface area contributed by atoms with Crippen molar-refractivity contribution in [2.75, 3.05) is 7.05 Å². The van der Waals surface area contributed by atoms with Crippen LogP contribution in [0.3, 0.4) is 0 Å². The van der Waals surface area contributed by atoms with E-state index in [9.17, 15) is 10.1 Å². The van der Waals surface area contributed by atoms with Gasteiger partial charge in [-0.15, -0.1) is 0 Å².